The van der Waals surface area contributed by atoms with Crippen LogP contribution in [0.4, 0.5) is 11.8 Å². The first-order valence-electron chi connectivity index (χ1n) is 7.76. The molecule has 0 aliphatic rings. The Morgan fingerprint density at radius 1 is 1.04 bits per heavy atom. The van der Waals surface area contributed by atoms with Crippen LogP contribution in [0.3, 0.4) is 0 Å². The van der Waals surface area contributed by atoms with Crippen LogP contribution in [0, 0.1) is 0 Å². The molecular weight excluding hydrogens is 290 g/mol. The molecule has 2 rings (SSSR count). The van der Waals surface area contributed by atoms with Crippen molar-refractivity contribution in [1.29, 1.82) is 0 Å². The van der Waals surface area contributed by atoms with Gasteiger partial charge in [-0.1, -0.05) is 12.1 Å². The van der Waals surface area contributed by atoms with E-state index in [9.17, 15) is 0 Å². The van der Waals surface area contributed by atoms with E-state index in [2.05, 4.69) is 37.6 Å². The van der Waals surface area contributed by atoms with E-state index in [-0.39, 0.29) is 0 Å². The zero-order valence-corrected chi connectivity index (χ0v) is 14.0. The fourth-order valence-electron chi connectivity index (χ4n) is 2.06. The van der Waals surface area contributed by atoms with E-state index < -0.39 is 0 Å². The Morgan fingerprint density at radius 2 is 1.83 bits per heavy atom. The summed E-state index contributed by atoms with van der Waals surface area (Å²) in [4.78, 5) is 10.8. The molecular formula is C17H25N5O. The fraction of sp³-hybridized carbons (Fsp3) is 0.412. The summed E-state index contributed by atoms with van der Waals surface area (Å²) in [6, 6.07) is 9.99. The third kappa shape index (κ3) is 6.12. The number of ether oxygens (including phenoxy) is 1. The molecule has 0 unspecified atom stereocenters. The van der Waals surface area contributed by atoms with E-state index in [1.807, 2.05) is 32.3 Å². The van der Waals surface area contributed by atoms with Crippen LogP contribution in [-0.2, 0) is 6.42 Å². The molecule has 1 heterocycles. The van der Waals surface area contributed by atoms with Crippen molar-refractivity contribution >= 4 is 11.8 Å². The Morgan fingerprint density at radius 3 is 2.52 bits per heavy atom. The Kier molecular flexibility index (Phi) is 6.62. The molecule has 6 heteroatoms. The van der Waals surface area contributed by atoms with Crippen LogP contribution in [0.1, 0.15) is 5.56 Å². The first-order chi connectivity index (χ1) is 11.2. The van der Waals surface area contributed by atoms with Gasteiger partial charge >= 0.3 is 0 Å². The monoisotopic (exact) mass is 315 g/mol. The summed E-state index contributed by atoms with van der Waals surface area (Å²) in [5, 5.41) is 6.55. The van der Waals surface area contributed by atoms with Gasteiger partial charge in [-0.15, -0.1) is 0 Å². The van der Waals surface area contributed by atoms with Crippen molar-refractivity contribution in [3.05, 3.63) is 42.1 Å². The molecule has 0 spiro atoms. The minimum Gasteiger partial charge on any atom is -0.497 e. The lowest BCUT2D eigenvalue weighted by Gasteiger charge is -2.11. The molecule has 124 valence electrons. The van der Waals surface area contributed by atoms with Gasteiger partial charge in [0.15, 0.2) is 0 Å². The van der Waals surface area contributed by atoms with Crippen LogP contribution in [0.5, 0.6) is 5.75 Å². The van der Waals surface area contributed by atoms with Crippen molar-refractivity contribution in [2.75, 3.05) is 51.5 Å². The van der Waals surface area contributed by atoms with Gasteiger partial charge in [0.05, 0.1) is 7.11 Å². The average Bonchev–Trinajstić information content (AvgIpc) is 2.56. The van der Waals surface area contributed by atoms with E-state index in [1.165, 1.54) is 5.56 Å². The van der Waals surface area contributed by atoms with Gasteiger partial charge in [-0.05, 0) is 44.3 Å². The average molecular weight is 315 g/mol. The number of likely N-dealkylation sites (N-methyl/N-ethyl adjacent to an activating group) is 1. The lowest BCUT2D eigenvalue weighted by atomic mass is 10.1. The summed E-state index contributed by atoms with van der Waals surface area (Å²) < 4.78 is 5.16. The third-order valence-corrected chi connectivity index (χ3v) is 3.38. The van der Waals surface area contributed by atoms with Crippen LogP contribution >= 0.6 is 0 Å². The summed E-state index contributed by atoms with van der Waals surface area (Å²) in [5.74, 6) is 2.37. The minimum atomic E-state index is 0.654. The Balaban J connectivity index is 1.78. The number of hydrogen-bond acceptors (Lipinski definition) is 6. The molecule has 0 saturated carbocycles. The van der Waals surface area contributed by atoms with Gasteiger partial charge in [0.25, 0.3) is 0 Å². The second kappa shape index (κ2) is 8.95. The quantitative estimate of drug-likeness (QED) is 0.739. The van der Waals surface area contributed by atoms with Gasteiger partial charge in [-0.25, -0.2) is 4.98 Å². The minimum absolute atomic E-state index is 0.654. The Hall–Kier alpha value is -2.34. The molecule has 0 saturated heterocycles. The molecule has 2 aromatic rings. The Bertz CT molecular complexity index is 586. The number of methoxy groups -OCH3 is 1. The first kappa shape index (κ1) is 17.0. The van der Waals surface area contributed by atoms with Crippen molar-refractivity contribution < 1.29 is 4.74 Å². The summed E-state index contributed by atoms with van der Waals surface area (Å²) in [6.45, 7) is 2.58. The Labute approximate surface area is 137 Å². The zero-order valence-electron chi connectivity index (χ0n) is 14.0. The van der Waals surface area contributed by atoms with E-state index in [4.69, 9.17) is 4.74 Å². The van der Waals surface area contributed by atoms with E-state index in [0.717, 1.165) is 37.6 Å². The van der Waals surface area contributed by atoms with Crippen molar-refractivity contribution in [2.45, 2.75) is 6.42 Å². The second-order valence-electron chi connectivity index (χ2n) is 5.52. The predicted octanol–water partition coefficient (Wildman–Crippen LogP) is 2.11. The third-order valence-electron chi connectivity index (χ3n) is 3.38. The van der Waals surface area contributed by atoms with Crippen molar-refractivity contribution in [3.63, 3.8) is 0 Å². The highest BCUT2D eigenvalue weighted by Gasteiger charge is 2.00. The van der Waals surface area contributed by atoms with Crippen molar-refractivity contribution in [1.82, 2.24) is 14.9 Å². The lowest BCUT2D eigenvalue weighted by molar-refractivity contribution is 0.414. The van der Waals surface area contributed by atoms with Crippen LogP contribution in [0.15, 0.2) is 36.5 Å². The normalized spacial score (nSPS) is 10.6. The maximum absolute atomic E-state index is 5.16. The van der Waals surface area contributed by atoms with Gasteiger partial charge in [0, 0.05) is 25.8 Å². The summed E-state index contributed by atoms with van der Waals surface area (Å²) in [6.07, 6.45) is 2.69. The fourth-order valence-corrected chi connectivity index (χ4v) is 2.06. The molecule has 0 bridgehead atoms. The van der Waals surface area contributed by atoms with E-state index in [1.54, 1.807) is 13.3 Å². The van der Waals surface area contributed by atoms with E-state index >= 15 is 0 Å². The van der Waals surface area contributed by atoms with Crippen molar-refractivity contribution in [3.8, 4) is 5.75 Å². The number of nitrogens with zero attached hydrogens (tertiary/aromatic N) is 3. The molecule has 6 nitrogen and oxygen atoms in total. The molecule has 0 aliphatic heterocycles. The maximum Gasteiger partial charge on any atom is 0.224 e. The van der Waals surface area contributed by atoms with Crippen LogP contribution in [0.25, 0.3) is 0 Å². The maximum atomic E-state index is 5.16. The molecule has 0 fully saturated rings. The molecule has 0 radical (unpaired) electrons. The molecule has 0 aliphatic carbocycles. The van der Waals surface area contributed by atoms with Crippen LogP contribution in [0.2, 0.25) is 0 Å². The molecule has 0 amide bonds. The number of aromatic nitrogens is 2. The highest BCUT2D eigenvalue weighted by molar-refractivity contribution is 5.39. The number of benzene rings is 1. The highest BCUT2D eigenvalue weighted by atomic mass is 16.5. The van der Waals surface area contributed by atoms with Gasteiger partial charge in [-0.2, -0.15) is 4.98 Å². The molecule has 1 aromatic heterocycles. The second-order valence-corrected chi connectivity index (χ2v) is 5.52. The molecule has 1 aromatic carbocycles. The largest absolute Gasteiger partial charge is 0.497 e. The topological polar surface area (TPSA) is 62.3 Å². The standard InChI is InChI=1S/C17H25N5O/c1-22(2)13-12-20-17-19-11-9-16(21-17)18-10-8-14-4-6-15(23-3)7-5-14/h4-7,9,11H,8,10,12-13H2,1-3H3,(H2,18,19,20,21). The van der Waals surface area contributed by atoms with Crippen LogP contribution in [-0.4, -0.2) is 55.7 Å². The number of hydrogen-bond donors (Lipinski definition) is 2. The summed E-state index contributed by atoms with van der Waals surface area (Å²) in [7, 11) is 5.76. The highest BCUT2D eigenvalue weighted by Crippen LogP contribution is 2.12. The van der Waals surface area contributed by atoms with Gasteiger partial charge < -0.3 is 20.3 Å². The van der Waals surface area contributed by atoms with Gasteiger partial charge in [0.1, 0.15) is 11.6 Å². The number of rotatable bonds is 9. The summed E-state index contributed by atoms with van der Waals surface area (Å²) in [5.41, 5.74) is 1.26. The van der Waals surface area contributed by atoms with Crippen molar-refractivity contribution in [2.24, 2.45) is 0 Å². The predicted molar refractivity (Wildman–Crippen MR) is 94.3 cm³/mol. The van der Waals surface area contributed by atoms with Gasteiger partial charge in [-0.3, -0.25) is 0 Å². The lowest BCUT2D eigenvalue weighted by Crippen LogP contribution is -2.21. The van der Waals surface area contributed by atoms with Gasteiger partial charge in [0.2, 0.25) is 5.95 Å². The molecule has 0 atom stereocenters. The number of anilines is 2. The number of nitrogens with one attached hydrogen (secondary N) is 2. The van der Waals surface area contributed by atoms with E-state index in [0.29, 0.717) is 5.95 Å². The zero-order chi connectivity index (χ0) is 16.5. The smallest absolute Gasteiger partial charge is 0.224 e. The molecule has 23 heavy (non-hydrogen) atoms. The SMILES string of the molecule is COc1ccc(CCNc2ccnc(NCCN(C)C)n2)cc1. The summed E-state index contributed by atoms with van der Waals surface area (Å²) >= 11 is 0. The first-order valence-corrected chi connectivity index (χ1v) is 7.76. The molecule has 2 N–H and O–H groups in total. The van der Waals surface area contributed by atoms with Crippen LogP contribution < -0.4 is 15.4 Å².